The number of rotatable bonds is 1. The molecule has 3 nitrogen and oxygen atoms in total. The van der Waals surface area contributed by atoms with Crippen LogP contribution >= 0.6 is 15.9 Å². The summed E-state index contributed by atoms with van der Waals surface area (Å²) in [6.45, 7) is 5.06. The van der Waals surface area contributed by atoms with Crippen molar-refractivity contribution in [3.63, 3.8) is 0 Å². The topological polar surface area (TPSA) is 40.5 Å². The lowest BCUT2D eigenvalue weighted by Crippen LogP contribution is -2.45. The molecule has 1 aliphatic heterocycles. The molecule has 18 heavy (non-hydrogen) atoms. The summed E-state index contributed by atoms with van der Waals surface area (Å²) in [6, 6.07) is 5.65. The normalized spacial score (nSPS) is 18.8. The molecule has 1 aromatic rings. The number of aliphatic hydroxyl groups is 1. The molecule has 98 valence electrons. The lowest BCUT2D eigenvalue weighted by molar-refractivity contribution is -0.00202. The standard InChI is InChI=1S/C14H18BrNO2/c1-10-9-11(3-4-12(10)15)13(17)16-7-5-14(2,18)6-8-16/h3-4,9,18H,5-8H2,1-2H3. The molecule has 1 N–H and O–H groups in total. The average Bonchev–Trinajstić information content (AvgIpc) is 2.32. The molecule has 1 fully saturated rings. The number of hydrogen-bond acceptors (Lipinski definition) is 2. The van der Waals surface area contributed by atoms with Crippen LogP contribution in [0.15, 0.2) is 22.7 Å². The fourth-order valence-electron chi connectivity index (χ4n) is 2.15. The van der Waals surface area contributed by atoms with E-state index in [1.54, 1.807) is 0 Å². The molecule has 0 unspecified atom stereocenters. The largest absolute Gasteiger partial charge is 0.390 e. The highest BCUT2D eigenvalue weighted by Crippen LogP contribution is 2.23. The summed E-state index contributed by atoms with van der Waals surface area (Å²) in [4.78, 5) is 14.1. The Morgan fingerprint density at radius 3 is 2.56 bits per heavy atom. The molecule has 0 spiro atoms. The summed E-state index contributed by atoms with van der Waals surface area (Å²) in [5.74, 6) is 0.0566. The van der Waals surface area contributed by atoms with E-state index in [9.17, 15) is 9.90 Å². The zero-order valence-corrected chi connectivity index (χ0v) is 12.3. The van der Waals surface area contributed by atoms with Crippen molar-refractivity contribution in [3.8, 4) is 0 Å². The van der Waals surface area contributed by atoms with Gasteiger partial charge in [-0.25, -0.2) is 0 Å². The first-order valence-electron chi connectivity index (χ1n) is 6.17. The van der Waals surface area contributed by atoms with Crippen LogP contribution in [0.5, 0.6) is 0 Å². The molecule has 1 amide bonds. The van der Waals surface area contributed by atoms with Crippen LogP contribution in [0.2, 0.25) is 0 Å². The van der Waals surface area contributed by atoms with Gasteiger partial charge in [-0.05, 0) is 50.5 Å². The van der Waals surface area contributed by atoms with Gasteiger partial charge in [-0.1, -0.05) is 15.9 Å². The Labute approximate surface area is 116 Å². The predicted octanol–water partition coefficient (Wildman–Crippen LogP) is 2.74. The van der Waals surface area contributed by atoms with Crippen LogP contribution in [0.4, 0.5) is 0 Å². The number of nitrogens with zero attached hydrogens (tertiary/aromatic N) is 1. The Hall–Kier alpha value is -0.870. The van der Waals surface area contributed by atoms with Gasteiger partial charge in [-0.3, -0.25) is 4.79 Å². The number of piperidine rings is 1. The molecule has 4 heteroatoms. The molecule has 0 bridgehead atoms. The monoisotopic (exact) mass is 311 g/mol. The van der Waals surface area contributed by atoms with E-state index in [-0.39, 0.29) is 5.91 Å². The molecular formula is C14H18BrNO2. The fourth-order valence-corrected chi connectivity index (χ4v) is 2.40. The quantitative estimate of drug-likeness (QED) is 0.866. The lowest BCUT2D eigenvalue weighted by atomic mass is 9.93. The van der Waals surface area contributed by atoms with Crippen molar-refractivity contribution < 1.29 is 9.90 Å². The van der Waals surface area contributed by atoms with Crippen molar-refractivity contribution >= 4 is 21.8 Å². The first-order valence-corrected chi connectivity index (χ1v) is 6.96. The van der Waals surface area contributed by atoms with Crippen LogP contribution < -0.4 is 0 Å². The minimum atomic E-state index is -0.619. The second kappa shape index (κ2) is 5.02. The lowest BCUT2D eigenvalue weighted by Gasteiger charge is -2.35. The third kappa shape index (κ3) is 2.93. The number of aryl methyl sites for hydroxylation is 1. The Kier molecular flexibility index (Phi) is 3.78. The van der Waals surface area contributed by atoms with Crippen LogP contribution in [0.3, 0.4) is 0 Å². The number of carbonyl (C=O) groups excluding carboxylic acids is 1. The van der Waals surface area contributed by atoms with E-state index in [0.29, 0.717) is 25.9 Å². The van der Waals surface area contributed by atoms with Crippen LogP contribution in [0.25, 0.3) is 0 Å². The van der Waals surface area contributed by atoms with Crippen molar-refractivity contribution in [2.75, 3.05) is 13.1 Å². The Morgan fingerprint density at radius 1 is 1.39 bits per heavy atom. The highest BCUT2D eigenvalue weighted by molar-refractivity contribution is 9.10. The Balaban J connectivity index is 2.10. The molecule has 2 rings (SSSR count). The third-order valence-corrected chi connectivity index (χ3v) is 4.42. The second-order valence-corrected chi connectivity index (χ2v) is 6.11. The van der Waals surface area contributed by atoms with Gasteiger partial charge in [0.2, 0.25) is 0 Å². The molecule has 0 saturated carbocycles. The number of likely N-dealkylation sites (tertiary alicyclic amines) is 1. The minimum absolute atomic E-state index is 0.0566. The van der Waals surface area contributed by atoms with Crippen molar-refractivity contribution in [2.24, 2.45) is 0 Å². The molecule has 0 aliphatic carbocycles. The van der Waals surface area contributed by atoms with Gasteiger partial charge in [0.15, 0.2) is 0 Å². The Morgan fingerprint density at radius 2 is 2.00 bits per heavy atom. The van der Waals surface area contributed by atoms with Crippen molar-refractivity contribution in [2.45, 2.75) is 32.3 Å². The maximum Gasteiger partial charge on any atom is 0.253 e. The van der Waals surface area contributed by atoms with Gasteiger partial charge in [0.1, 0.15) is 0 Å². The number of benzene rings is 1. The number of halogens is 1. The Bertz CT molecular complexity index is 461. The molecule has 0 radical (unpaired) electrons. The van der Waals surface area contributed by atoms with Gasteiger partial charge in [-0.15, -0.1) is 0 Å². The SMILES string of the molecule is Cc1cc(C(=O)N2CCC(C)(O)CC2)ccc1Br. The summed E-state index contributed by atoms with van der Waals surface area (Å²) < 4.78 is 1.01. The smallest absolute Gasteiger partial charge is 0.253 e. The van der Waals surface area contributed by atoms with Crippen molar-refractivity contribution in [1.82, 2.24) is 4.90 Å². The molecule has 1 aliphatic rings. The van der Waals surface area contributed by atoms with Crippen molar-refractivity contribution in [1.29, 1.82) is 0 Å². The van der Waals surface area contributed by atoms with E-state index in [2.05, 4.69) is 15.9 Å². The van der Waals surface area contributed by atoms with Crippen LogP contribution in [-0.4, -0.2) is 34.6 Å². The summed E-state index contributed by atoms with van der Waals surface area (Å²) in [7, 11) is 0. The third-order valence-electron chi connectivity index (χ3n) is 3.53. The summed E-state index contributed by atoms with van der Waals surface area (Å²) in [5, 5.41) is 9.88. The summed E-state index contributed by atoms with van der Waals surface area (Å²) >= 11 is 3.43. The predicted molar refractivity (Wildman–Crippen MR) is 74.6 cm³/mol. The van der Waals surface area contributed by atoms with E-state index in [0.717, 1.165) is 15.6 Å². The van der Waals surface area contributed by atoms with Crippen LogP contribution in [0, 0.1) is 6.92 Å². The molecule has 1 saturated heterocycles. The van der Waals surface area contributed by atoms with E-state index < -0.39 is 5.60 Å². The van der Waals surface area contributed by atoms with Crippen LogP contribution in [0.1, 0.15) is 35.7 Å². The molecule has 1 aromatic carbocycles. The van der Waals surface area contributed by atoms with Gasteiger partial charge in [0.25, 0.3) is 5.91 Å². The maximum absolute atomic E-state index is 12.3. The van der Waals surface area contributed by atoms with Gasteiger partial charge in [0.05, 0.1) is 5.60 Å². The molecule has 0 aromatic heterocycles. The number of amides is 1. The second-order valence-electron chi connectivity index (χ2n) is 5.25. The number of hydrogen-bond donors (Lipinski definition) is 1. The van der Waals surface area contributed by atoms with Gasteiger partial charge in [-0.2, -0.15) is 0 Å². The first kappa shape index (κ1) is 13.6. The maximum atomic E-state index is 12.3. The highest BCUT2D eigenvalue weighted by atomic mass is 79.9. The molecular weight excluding hydrogens is 294 g/mol. The first-order chi connectivity index (χ1) is 8.39. The van der Waals surface area contributed by atoms with E-state index in [1.165, 1.54) is 0 Å². The van der Waals surface area contributed by atoms with Crippen LogP contribution in [-0.2, 0) is 0 Å². The van der Waals surface area contributed by atoms with Gasteiger partial charge in [0, 0.05) is 23.1 Å². The minimum Gasteiger partial charge on any atom is -0.390 e. The van der Waals surface area contributed by atoms with E-state index >= 15 is 0 Å². The van der Waals surface area contributed by atoms with E-state index in [4.69, 9.17) is 0 Å². The summed E-state index contributed by atoms with van der Waals surface area (Å²) in [6.07, 6.45) is 1.29. The van der Waals surface area contributed by atoms with E-state index in [1.807, 2.05) is 36.9 Å². The average molecular weight is 312 g/mol. The highest BCUT2D eigenvalue weighted by Gasteiger charge is 2.29. The summed E-state index contributed by atoms with van der Waals surface area (Å²) in [5.41, 5.74) is 1.16. The molecule has 0 atom stereocenters. The number of carbonyl (C=O) groups is 1. The van der Waals surface area contributed by atoms with Crippen molar-refractivity contribution in [3.05, 3.63) is 33.8 Å². The molecule has 1 heterocycles. The van der Waals surface area contributed by atoms with Gasteiger partial charge < -0.3 is 10.0 Å². The zero-order chi connectivity index (χ0) is 13.3. The fraction of sp³-hybridized carbons (Fsp3) is 0.500. The zero-order valence-electron chi connectivity index (χ0n) is 10.7. The van der Waals surface area contributed by atoms with Gasteiger partial charge >= 0.3 is 0 Å².